The van der Waals surface area contributed by atoms with E-state index in [1.807, 2.05) is 54.6 Å². The van der Waals surface area contributed by atoms with Gasteiger partial charge in [-0.25, -0.2) is 28.4 Å². The molecule has 0 amide bonds. The first-order valence-electron chi connectivity index (χ1n) is 9.40. The molecule has 0 radical (unpaired) electrons. The monoisotopic (exact) mass is 431 g/mol. The summed E-state index contributed by atoms with van der Waals surface area (Å²) in [6.07, 6.45) is 2.50. The average molecular weight is 431 g/mol. The Kier molecular flexibility index (Phi) is 4.40. The lowest BCUT2D eigenvalue weighted by atomic mass is 10.2. The maximum absolute atomic E-state index is 12.0. The number of hydrogen-bond acceptors (Lipinski definition) is 7. The van der Waals surface area contributed by atoms with Crippen LogP contribution in [0.1, 0.15) is 0 Å². The summed E-state index contributed by atoms with van der Waals surface area (Å²) in [6, 6.07) is 18.8. The number of sulfone groups is 1. The molecule has 5 rings (SSSR count). The number of nitrogens with zero attached hydrogens (tertiary/aromatic N) is 5. The fraction of sp³-hybridized carbons (Fsp3) is 0.0909. The highest BCUT2D eigenvalue weighted by Gasteiger charge is 2.19. The van der Waals surface area contributed by atoms with Gasteiger partial charge in [0.05, 0.1) is 23.7 Å². The number of rotatable bonds is 4. The van der Waals surface area contributed by atoms with Crippen molar-refractivity contribution >= 4 is 31.8 Å². The third-order valence-electron chi connectivity index (χ3n) is 4.87. The summed E-state index contributed by atoms with van der Waals surface area (Å²) in [6.45, 7) is 0. The molecule has 8 nitrogen and oxygen atoms in total. The lowest BCUT2D eigenvalue weighted by Crippen LogP contribution is -2.08. The van der Waals surface area contributed by atoms with Crippen LogP contribution in [-0.2, 0) is 9.84 Å². The zero-order valence-corrected chi connectivity index (χ0v) is 17.5. The summed E-state index contributed by atoms with van der Waals surface area (Å²) in [5.74, 6) is 1.55. The molecule has 2 aromatic carbocycles. The molecule has 0 spiro atoms. The quantitative estimate of drug-likeness (QED) is 0.402. The number of pyridine rings is 1. The second kappa shape index (κ2) is 7.13. The number of hydrogen-bond donors (Lipinski definition) is 0. The number of aromatic nitrogens is 5. The summed E-state index contributed by atoms with van der Waals surface area (Å²) in [5.41, 5.74) is 2.87. The smallest absolute Gasteiger partial charge is 0.248 e. The summed E-state index contributed by atoms with van der Waals surface area (Å²) in [4.78, 5) is 17.7. The SMILES string of the molecule is COc1ccc2nc(-c3ccc4ccccc4n3)n(-c3ccnc(S(C)(=O)=O)n3)c2c1. The van der Waals surface area contributed by atoms with Crippen LogP contribution in [0.15, 0.2) is 72.0 Å². The van der Waals surface area contributed by atoms with Gasteiger partial charge in [-0.1, -0.05) is 24.3 Å². The molecule has 0 aliphatic heterocycles. The normalized spacial score (nSPS) is 11.8. The third-order valence-corrected chi connectivity index (χ3v) is 5.73. The Balaban J connectivity index is 1.83. The highest BCUT2D eigenvalue weighted by molar-refractivity contribution is 7.90. The van der Waals surface area contributed by atoms with E-state index in [9.17, 15) is 8.42 Å². The van der Waals surface area contributed by atoms with Crippen molar-refractivity contribution in [1.82, 2.24) is 24.5 Å². The molecule has 3 aromatic heterocycles. The molecule has 9 heteroatoms. The molecule has 5 aromatic rings. The van der Waals surface area contributed by atoms with Crippen molar-refractivity contribution in [2.24, 2.45) is 0 Å². The lowest BCUT2D eigenvalue weighted by molar-refractivity contribution is 0.415. The van der Waals surface area contributed by atoms with Crippen LogP contribution in [-0.4, -0.2) is 46.3 Å². The number of imidazole rings is 1. The molecule has 154 valence electrons. The van der Waals surface area contributed by atoms with Crippen molar-refractivity contribution in [3.8, 4) is 23.1 Å². The molecule has 0 aliphatic rings. The minimum absolute atomic E-state index is 0.257. The molecule has 0 atom stereocenters. The van der Waals surface area contributed by atoms with Crippen LogP contribution < -0.4 is 4.74 Å². The topological polar surface area (TPSA) is 99.9 Å². The zero-order valence-electron chi connectivity index (χ0n) is 16.7. The molecule has 31 heavy (non-hydrogen) atoms. The van der Waals surface area contributed by atoms with E-state index in [0.29, 0.717) is 34.1 Å². The molecule has 3 heterocycles. The van der Waals surface area contributed by atoms with E-state index in [2.05, 4.69) is 9.97 Å². The first kappa shape index (κ1) is 19.1. The Bertz CT molecular complexity index is 1560. The minimum Gasteiger partial charge on any atom is -0.497 e. The van der Waals surface area contributed by atoms with Crippen LogP contribution >= 0.6 is 0 Å². The number of para-hydroxylation sites is 1. The van der Waals surface area contributed by atoms with Gasteiger partial charge in [-0.3, -0.25) is 4.57 Å². The van der Waals surface area contributed by atoms with Crippen molar-refractivity contribution < 1.29 is 13.2 Å². The largest absolute Gasteiger partial charge is 0.497 e. The van der Waals surface area contributed by atoms with Gasteiger partial charge in [0.25, 0.3) is 0 Å². The van der Waals surface area contributed by atoms with Crippen molar-refractivity contribution in [2.45, 2.75) is 5.16 Å². The van der Waals surface area contributed by atoms with Crippen LogP contribution in [0.3, 0.4) is 0 Å². The number of ether oxygens (including phenoxy) is 1. The molecule has 0 saturated heterocycles. The van der Waals surface area contributed by atoms with E-state index in [1.54, 1.807) is 17.7 Å². The summed E-state index contributed by atoms with van der Waals surface area (Å²) in [7, 11) is -2.00. The Morgan fingerprint density at radius 2 is 1.74 bits per heavy atom. The second-order valence-electron chi connectivity index (χ2n) is 6.98. The first-order chi connectivity index (χ1) is 14.9. The van der Waals surface area contributed by atoms with Gasteiger partial charge in [-0.05, 0) is 30.3 Å². The van der Waals surface area contributed by atoms with Crippen LogP contribution in [0.2, 0.25) is 0 Å². The Labute approximate surface area is 178 Å². The van der Waals surface area contributed by atoms with Crippen LogP contribution in [0.5, 0.6) is 5.75 Å². The van der Waals surface area contributed by atoms with Gasteiger partial charge in [-0.2, -0.15) is 0 Å². The van der Waals surface area contributed by atoms with E-state index in [-0.39, 0.29) is 5.16 Å². The van der Waals surface area contributed by atoms with Crippen LogP contribution in [0.25, 0.3) is 39.3 Å². The fourth-order valence-corrected chi connectivity index (χ4v) is 3.92. The molecule has 0 N–H and O–H groups in total. The molecular weight excluding hydrogens is 414 g/mol. The average Bonchev–Trinajstić information content (AvgIpc) is 3.17. The molecule has 0 unspecified atom stereocenters. The van der Waals surface area contributed by atoms with Gasteiger partial charge < -0.3 is 4.74 Å². The predicted octanol–water partition coefficient (Wildman–Crippen LogP) is 3.44. The summed E-state index contributed by atoms with van der Waals surface area (Å²) < 4.78 is 31.2. The first-order valence-corrected chi connectivity index (χ1v) is 11.3. The van der Waals surface area contributed by atoms with Gasteiger partial charge in [-0.15, -0.1) is 0 Å². The lowest BCUT2D eigenvalue weighted by Gasteiger charge is -2.10. The second-order valence-corrected chi connectivity index (χ2v) is 8.89. The van der Waals surface area contributed by atoms with Crippen molar-refractivity contribution in [3.63, 3.8) is 0 Å². The number of benzene rings is 2. The summed E-state index contributed by atoms with van der Waals surface area (Å²) >= 11 is 0. The highest BCUT2D eigenvalue weighted by Crippen LogP contribution is 2.30. The molecule has 0 saturated carbocycles. The van der Waals surface area contributed by atoms with E-state index < -0.39 is 9.84 Å². The van der Waals surface area contributed by atoms with Crippen LogP contribution in [0, 0.1) is 0 Å². The Hall–Kier alpha value is -3.85. The van der Waals surface area contributed by atoms with E-state index >= 15 is 0 Å². The maximum atomic E-state index is 12.0. The Morgan fingerprint density at radius 1 is 0.903 bits per heavy atom. The van der Waals surface area contributed by atoms with E-state index in [0.717, 1.165) is 17.2 Å². The standard InChI is InChI=1S/C22H17N5O3S/c1-30-15-8-10-17-19(13-15)27(20-11-12-23-22(26-20)31(2,28)29)21(25-17)18-9-7-14-5-3-4-6-16(14)24-18/h3-13H,1-2H3. The Morgan fingerprint density at radius 3 is 2.55 bits per heavy atom. The minimum atomic E-state index is -3.59. The zero-order chi connectivity index (χ0) is 21.6. The molecule has 0 bridgehead atoms. The number of methoxy groups -OCH3 is 1. The van der Waals surface area contributed by atoms with Crippen molar-refractivity contribution in [3.05, 3.63) is 66.9 Å². The van der Waals surface area contributed by atoms with Gasteiger partial charge >= 0.3 is 0 Å². The fourth-order valence-electron chi connectivity index (χ4n) is 3.41. The van der Waals surface area contributed by atoms with Crippen LogP contribution in [0.4, 0.5) is 0 Å². The van der Waals surface area contributed by atoms with E-state index in [1.165, 1.54) is 6.20 Å². The third kappa shape index (κ3) is 3.38. The molecule has 0 fully saturated rings. The predicted molar refractivity (Wildman–Crippen MR) is 117 cm³/mol. The number of fused-ring (bicyclic) bond motifs is 2. The van der Waals surface area contributed by atoms with Gasteiger partial charge in [0.2, 0.25) is 15.0 Å². The van der Waals surface area contributed by atoms with Gasteiger partial charge in [0.15, 0.2) is 5.82 Å². The van der Waals surface area contributed by atoms with Gasteiger partial charge in [0.1, 0.15) is 17.3 Å². The molecule has 0 aliphatic carbocycles. The highest BCUT2D eigenvalue weighted by atomic mass is 32.2. The van der Waals surface area contributed by atoms with Gasteiger partial charge in [0, 0.05) is 23.9 Å². The van der Waals surface area contributed by atoms with Crippen molar-refractivity contribution in [2.75, 3.05) is 13.4 Å². The molecular formula is C22H17N5O3S. The van der Waals surface area contributed by atoms with Crippen molar-refractivity contribution in [1.29, 1.82) is 0 Å². The van der Waals surface area contributed by atoms with E-state index in [4.69, 9.17) is 14.7 Å². The summed E-state index contributed by atoms with van der Waals surface area (Å²) in [5, 5.41) is 0.754. The maximum Gasteiger partial charge on any atom is 0.248 e.